The van der Waals surface area contributed by atoms with Crippen molar-refractivity contribution < 1.29 is 37.1 Å². The second kappa shape index (κ2) is 12.3. The fraction of sp³-hybridized carbons (Fsp3) is 0.600. The number of carbonyl (C=O) groups is 4. The quantitative estimate of drug-likeness (QED) is 0.451. The molecule has 0 bridgehead atoms. The van der Waals surface area contributed by atoms with Crippen LogP contribution in [0.25, 0.3) is 0 Å². The number of fused-ring (bicyclic) bond motifs is 1. The predicted molar refractivity (Wildman–Crippen MR) is 128 cm³/mol. The van der Waals surface area contributed by atoms with Crippen LogP contribution in [0.1, 0.15) is 56.6 Å². The van der Waals surface area contributed by atoms with Gasteiger partial charge in [-0.05, 0) is 74.1 Å². The van der Waals surface area contributed by atoms with Crippen LogP contribution in [0.4, 0.5) is 23.7 Å². The molecule has 37 heavy (non-hydrogen) atoms. The number of halogens is 3. The van der Waals surface area contributed by atoms with Crippen molar-refractivity contribution in [3.8, 4) is 0 Å². The van der Waals surface area contributed by atoms with Gasteiger partial charge in [0, 0.05) is 32.1 Å². The molecule has 9 nitrogen and oxygen atoms in total. The molecule has 1 aromatic carbocycles. The lowest BCUT2D eigenvalue weighted by Gasteiger charge is -2.36. The number of carbonyl (C=O) groups excluding carboxylic acids is 4. The van der Waals surface area contributed by atoms with Gasteiger partial charge in [-0.2, -0.15) is 13.2 Å². The number of ether oxygens (including phenoxy) is 1. The van der Waals surface area contributed by atoms with Gasteiger partial charge in [-0.3, -0.25) is 19.8 Å². The van der Waals surface area contributed by atoms with E-state index >= 15 is 0 Å². The first kappa shape index (κ1) is 28.3. The van der Waals surface area contributed by atoms with Crippen molar-refractivity contribution in [2.45, 2.75) is 70.5 Å². The first-order chi connectivity index (χ1) is 17.5. The zero-order valence-corrected chi connectivity index (χ0v) is 21.0. The van der Waals surface area contributed by atoms with Gasteiger partial charge in [-0.1, -0.05) is 6.07 Å². The summed E-state index contributed by atoms with van der Waals surface area (Å²) in [5.41, 5.74) is 4.63. The maximum atomic E-state index is 13.1. The number of esters is 1. The Morgan fingerprint density at radius 1 is 1.05 bits per heavy atom. The smallest absolute Gasteiger partial charge is 0.469 e. The highest BCUT2D eigenvalue weighted by atomic mass is 19.4. The molecule has 1 aliphatic heterocycles. The summed E-state index contributed by atoms with van der Waals surface area (Å²) in [5, 5.41) is 4.08. The fourth-order valence-corrected chi connectivity index (χ4v) is 4.96. The lowest BCUT2D eigenvalue weighted by atomic mass is 9.83. The first-order valence-electron chi connectivity index (χ1n) is 12.4. The highest BCUT2D eigenvalue weighted by Gasteiger charge is 2.42. The van der Waals surface area contributed by atoms with Gasteiger partial charge in [-0.15, -0.1) is 0 Å². The van der Waals surface area contributed by atoms with E-state index < -0.39 is 18.1 Å². The van der Waals surface area contributed by atoms with Crippen molar-refractivity contribution in [1.82, 2.24) is 15.3 Å². The van der Waals surface area contributed by atoms with Gasteiger partial charge in [0.05, 0.1) is 13.2 Å². The van der Waals surface area contributed by atoms with Gasteiger partial charge in [0.25, 0.3) is 0 Å². The number of benzene rings is 1. The van der Waals surface area contributed by atoms with Crippen LogP contribution in [-0.2, 0) is 32.0 Å². The van der Waals surface area contributed by atoms with E-state index in [9.17, 15) is 32.3 Å². The van der Waals surface area contributed by atoms with Gasteiger partial charge >= 0.3 is 24.1 Å². The Morgan fingerprint density at radius 2 is 1.70 bits per heavy atom. The molecule has 12 heteroatoms. The number of amides is 4. The second-order valence-electron chi connectivity index (χ2n) is 9.53. The summed E-state index contributed by atoms with van der Waals surface area (Å²) >= 11 is 0. The van der Waals surface area contributed by atoms with E-state index in [-0.39, 0.29) is 43.8 Å². The van der Waals surface area contributed by atoms with Crippen LogP contribution in [0, 0.1) is 5.92 Å². The average Bonchev–Trinajstić information content (AvgIpc) is 3.07. The number of hydrazine groups is 1. The molecule has 0 atom stereocenters. The standard InChI is InChI=1S/C25H33F3N4O5/c1-16(33)30-32(21-8-3-17(4-9-21)5-10-22(34)37-2)24(36)29-20-7-6-18-11-13-31(14-12-19(18)15-20)23(35)25(26,27)28/h6-7,15,17,21H,3-5,8-14H2,1-2H3,(H,29,36)(H,30,33). The summed E-state index contributed by atoms with van der Waals surface area (Å²) in [6.07, 6.45) is -0.416. The normalized spacial score (nSPS) is 19.8. The number of alkyl halides is 3. The number of anilines is 1. The molecule has 0 unspecified atom stereocenters. The summed E-state index contributed by atoms with van der Waals surface area (Å²) < 4.78 is 43.2. The molecule has 1 saturated carbocycles. The van der Waals surface area contributed by atoms with Gasteiger partial charge in [0.1, 0.15) is 0 Å². The predicted octanol–water partition coefficient (Wildman–Crippen LogP) is 3.57. The third-order valence-corrected chi connectivity index (χ3v) is 6.95. The molecule has 0 aromatic heterocycles. The van der Waals surface area contributed by atoms with Crippen molar-refractivity contribution in [2.24, 2.45) is 5.92 Å². The van der Waals surface area contributed by atoms with Gasteiger partial charge in [0.15, 0.2) is 0 Å². The highest BCUT2D eigenvalue weighted by Crippen LogP contribution is 2.31. The number of urea groups is 1. The summed E-state index contributed by atoms with van der Waals surface area (Å²) in [5.74, 6) is -2.15. The van der Waals surface area contributed by atoms with E-state index in [1.54, 1.807) is 18.2 Å². The van der Waals surface area contributed by atoms with E-state index in [0.29, 0.717) is 37.3 Å². The Labute approximate surface area is 213 Å². The van der Waals surface area contributed by atoms with Crippen molar-refractivity contribution in [3.63, 3.8) is 0 Å². The lowest BCUT2D eigenvalue weighted by molar-refractivity contribution is -0.185. The molecule has 2 N–H and O–H groups in total. The Hall–Kier alpha value is -3.31. The van der Waals surface area contributed by atoms with Gasteiger partial charge < -0.3 is 15.0 Å². The van der Waals surface area contributed by atoms with Crippen LogP contribution in [-0.4, -0.2) is 66.1 Å². The van der Waals surface area contributed by atoms with Crippen LogP contribution in [0.3, 0.4) is 0 Å². The average molecular weight is 527 g/mol. The van der Waals surface area contributed by atoms with Crippen LogP contribution in [0.15, 0.2) is 18.2 Å². The van der Waals surface area contributed by atoms with Gasteiger partial charge in [-0.25, -0.2) is 9.80 Å². The molecular weight excluding hydrogens is 493 g/mol. The summed E-state index contributed by atoms with van der Waals surface area (Å²) in [6, 6.07) is 4.36. The van der Waals surface area contributed by atoms with Crippen molar-refractivity contribution in [2.75, 3.05) is 25.5 Å². The molecule has 4 amide bonds. The van der Waals surface area contributed by atoms with E-state index in [1.807, 2.05) is 0 Å². The third-order valence-electron chi connectivity index (χ3n) is 6.95. The Balaban J connectivity index is 1.62. The molecule has 204 valence electrons. The van der Waals surface area contributed by atoms with Gasteiger partial charge in [0.2, 0.25) is 5.91 Å². The van der Waals surface area contributed by atoms with E-state index in [4.69, 9.17) is 4.74 Å². The largest absolute Gasteiger partial charge is 0.471 e. The molecule has 0 radical (unpaired) electrons. The monoisotopic (exact) mass is 526 g/mol. The number of hydrogen-bond acceptors (Lipinski definition) is 5. The topological polar surface area (TPSA) is 108 Å². The maximum absolute atomic E-state index is 13.1. The van der Waals surface area contributed by atoms with Crippen LogP contribution < -0.4 is 10.7 Å². The van der Waals surface area contributed by atoms with Crippen molar-refractivity contribution in [1.29, 1.82) is 0 Å². The summed E-state index contributed by atoms with van der Waals surface area (Å²) in [4.78, 5) is 48.8. The number of hydrogen-bond donors (Lipinski definition) is 2. The Morgan fingerprint density at radius 3 is 2.30 bits per heavy atom. The molecule has 1 heterocycles. The summed E-state index contributed by atoms with van der Waals surface area (Å²) in [7, 11) is 1.36. The fourth-order valence-electron chi connectivity index (χ4n) is 4.96. The second-order valence-corrected chi connectivity index (χ2v) is 9.53. The first-order valence-corrected chi connectivity index (χ1v) is 12.4. The molecule has 0 saturated heterocycles. The molecule has 1 fully saturated rings. The summed E-state index contributed by atoms with van der Waals surface area (Å²) in [6.45, 7) is 1.22. The lowest BCUT2D eigenvalue weighted by Crippen LogP contribution is -2.54. The van der Waals surface area contributed by atoms with Crippen molar-refractivity contribution >= 4 is 29.5 Å². The molecular formula is C25H33F3N4O5. The molecule has 0 spiro atoms. The van der Waals surface area contributed by atoms with E-state index in [1.165, 1.54) is 19.0 Å². The minimum atomic E-state index is -4.91. The number of rotatable bonds is 5. The van der Waals surface area contributed by atoms with E-state index in [2.05, 4.69) is 10.7 Å². The minimum Gasteiger partial charge on any atom is -0.469 e. The van der Waals surface area contributed by atoms with Crippen LogP contribution >= 0.6 is 0 Å². The number of nitrogens with one attached hydrogen (secondary N) is 2. The highest BCUT2D eigenvalue weighted by molar-refractivity contribution is 5.91. The Bertz CT molecular complexity index is 1010. The number of nitrogens with zero attached hydrogens (tertiary/aromatic N) is 2. The molecule has 1 aromatic rings. The zero-order chi connectivity index (χ0) is 27.2. The maximum Gasteiger partial charge on any atom is 0.471 e. The van der Waals surface area contributed by atoms with E-state index in [0.717, 1.165) is 28.9 Å². The van der Waals surface area contributed by atoms with Crippen LogP contribution in [0.2, 0.25) is 0 Å². The zero-order valence-electron chi connectivity index (χ0n) is 21.0. The minimum absolute atomic E-state index is 0.0321. The third kappa shape index (κ3) is 7.83. The molecule has 2 aliphatic rings. The molecule has 3 rings (SSSR count). The SMILES string of the molecule is COC(=O)CCC1CCC(N(NC(C)=O)C(=O)Nc2ccc3c(c2)CCN(C(=O)C(F)(F)F)CC3)CC1. The van der Waals surface area contributed by atoms with Crippen molar-refractivity contribution in [3.05, 3.63) is 29.3 Å². The Kier molecular flexibility index (Phi) is 9.39. The van der Waals surface area contributed by atoms with Crippen LogP contribution in [0.5, 0.6) is 0 Å². The molecule has 1 aliphatic carbocycles. The number of methoxy groups -OCH3 is 1.